The number of hydrogen-bond acceptors (Lipinski definition) is 6. The van der Waals surface area contributed by atoms with Gasteiger partial charge in [-0.3, -0.25) is 9.59 Å². The molecule has 1 atom stereocenters. The smallest absolute Gasteiger partial charge is 0.306 e. The van der Waals surface area contributed by atoms with Gasteiger partial charge in [0.15, 0.2) is 10.8 Å². The maximum Gasteiger partial charge on any atom is 0.306 e. The highest BCUT2D eigenvalue weighted by molar-refractivity contribution is 7.13. The molecule has 21 heavy (non-hydrogen) atoms. The van der Waals surface area contributed by atoms with E-state index in [-0.39, 0.29) is 12.2 Å². The van der Waals surface area contributed by atoms with E-state index in [1.54, 1.807) is 17.5 Å². The summed E-state index contributed by atoms with van der Waals surface area (Å²) < 4.78 is 5.18. The molecule has 0 bridgehead atoms. The van der Waals surface area contributed by atoms with Crippen LogP contribution in [-0.2, 0) is 4.79 Å². The normalized spacial score (nSPS) is 13.6. The first-order valence-corrected chi connectivity index (χ1v) is 6.97. The van der Waals surface area contributed by atoms with E-state index in [1.165, 1.54) is 24.5 Å². The maximum atomic E-state index is 11.9. The highest BCUT2D eigenvalue weighted by atomic mass is 32.1. The van der Waals surface area contributed by atoms with Crippen LogP contribution in [0.5, 0.6) is 0 Å². The average molecular weight is 310 g/mol. The Balaban J connectivity index is 1.97. The van der Waals surface area contributed by atoms with Crippen molar-refractivity contribution in [3.63, 3.8) is 0 Å². The summed E-state index contributed by atoms with van der Waals surface area (Å²) >= 11 is 1.26. The second kappa shape index (κ2) is 6.06. The Bertz CT molecular complexity index is 633. The molecule has 2 aromatic rings. The first-order chi connectivity index (χ1) is 9.87. The maximum absolute atomic E-state index is 11.9. The Hall–Kier alpha value is -2.19. The number of thiazole rings is 1. The zero-order valence-electron chi connectivity index (χ0n) is 11.2. The third kappa shape index (κ3) is 4.14. The third-order valence-electron chi connectivity index (χ3n) is 2.63. The Labute approximate surface area is 124 Å². The van der Waals surface area contributed by atoms with E-state index in [9.17, 15) is 14.7 Å². The summed E-state index contributed by atoms with van der Waals surface area (Å²) in [5, 5.41) is 23.1. The Kier molecular flexibility index (Phi) is 4.39. The summed E-state index contributed by atoms with van der Waals surface area (Å²) in [6, 6.07) is 3.46. The van der Waals surface area contributed by atoms with Crippen LogP contribution in [0.3, 0.4) is 0 Å². The summed E-state index contributed by atoms with van der Waals surface area (Å²) in [5.41, 5.74) is -1.32. The Morgan fingerprint density at radius 2 is 2.29 bits per heavy atom. The third-order valence-corrected chi connectivity index (χ3v) is 3.49. The van der Waals surface area contributed by atoms with Gasteiger partial charge >= 0.3 is 5.97 Å². The van der Waals surface area contributed by atoms with E-state index in [4.69, 9.17) is 9.52 Å². The molecule has 1 unspecified atom stereocenters. The molecule has 2 aromatic heterocycles. The van der Waals surface area contributed by atoms with Gasteiger partial charge in [0.05, 0.1) is 18.3 Å². The average Bonchev–Trinajstić information content (AvgIpc) is 3.04. The SMILES string of the molecule is CC(O)(CNC(=O)c1csc(-c2ccco2)n1)CC(=O)O. The molecule has 1 amide bonds. The highest BCUT2D eigenvalue weighted by Gasteiger charge is 2.25. The van der Waals surface area contributed by atoms with Crippen molar-refractivity contribution in [3.8, 4) is 10.8 Å². The van der Waals surface area contributed by atoms with Crippen molar-refractivity contribution in [2.24, 2.45) is 0 Å². The Morgan fingerprint density at radius 1 is 1.52 bits per heavy atom. The minimum absolute atomic E-state index is 0.175. The van der Waals surface area contributed by atoms with Crippen molar-refractivity contribution < 1.29 is 24.2 Å². The highest BCUT2D eigenvalue weighted by Crippen LogP contribution is 2.23. The van der Waals surface area contributed by atoms with Crippen LogP contribution in [0.2, 0.25) is 0 Å². The van der Waals surface area contributed by atoms with Crippen LogP contribution in [-0.4, -0.2) is 39.2 Å². The molecule has 0 aliphatic heterocycles. The molecule has 0 aliphatic carbocycles. The van der Waals surface area contributed by atoms with E-state index in [0.717, 1.165) is 0 Å². The van der Waals surface area contributed by atoms with Crippen molar-refractivity contribution >= 4 is 23.2 Å². The number of amides is 1. The number of rotatable bonds is 6. The van der Waals surface area contributed by atoms with Crippen molar-refractivity contribution in [3.05, 3.63) is 29.5 Å². The predicted molar refractivity (Wildman–Crippen MR) is 75.0 cm³/mol. The van der Waals surface area contributed by atoms with E-state index >= 15 is 0 Å². The van der Waals surface area contributed by atoms with E-state index < -0.39 is 23.9 Å². The Morgan fingerprint density at radius 3 is 2.90 bits per heavy atom. The van der Waals surface area contributed by atoms with Crippen molar-refractivity contribution in [2.75, 3.05) is 6.54 Å². The number of carboxylic acids is 1. The minimum Gasteiger partial charge on any atom is -0.481 e. The van der Waals surface area contributed by atoms with Crippen LogP contribution in [0, 0.1) is 0 Å². The lowest BCUT2D eigenvalue weighted by atomic mass is 10.0. The molecule has 0 fully saturated rings. The van der Waals surface area contributed by atoms with Gasteiger partial charge in [-0.15, -0.1) is 11.3 Å². The van der Waals surface area contributed by atoms with Crippen molar-refractivity contribution in [2.45, 2.75) is 18.9 Å². The fraction of sp³-hybridized carbons (Fsp3) is 0.308. The monoisotopic (exact) mass is 310 g/mol. The van der Waals surface area contributed by atoms with Crippen molar-refractivity contribution in [1.29, 1.82) is 0 Å². The minimum atomic E-state index is -1.51. The molecule has 0 saturated heterocycles. The van der Waals surface area contributed by atoms with Crippen LogP contribution < -0.4 is 5.32 Å². The number of nitrogens with zero attached hydrogens (tertiary/aromatic N) is 1. The lowest BCUT2D eigenvalue weighted by Gasteiger charge is -2.21. The van der Waals surface area contributed by atoms with Gasteiger partial charge in [0.1, 0.15) is 5.69 Å². The number of carbonyl (C=O) groups is 2. The number of hydrogen-bond donors (Lipinski definition) is 3. The van der Waals surface area contributed by atoms with Gasteiger partial charge < -0.3 is 19.9 Å². The first kappa shape index (κ1) is 15.2. The summed E-state index contributed by atoms with van der Waals surface area (Å²) in [6.07, 6.45) is 1.06. The largest absolute Gasteiger partial charge is 0.481 e. The fourth-order valence-electron chi connectivity index (χ4n) is 1.64. The van der Waals surface area contributed by atoms with Crippen molar-refractivity contribution in [1.82, 2.24) is 10.3 Å². The van der Waals surface area contributed by atoms with Gasteiger partial charge in [-0.25, -0.2) is 4.98 Å². The van der Waals surface area contributed by atoms with Crippen LogP contribution in [0.25, 0.3) is 10.8 Å². The summed E-state index contributed by atoms with van der Waals surface area (Å²) in [5.74, 6) is -1.05. The zero-order chi connectivity index (χ0) is 15.5. The molecule has 0 spiro atoms. The first-order valence-electron chi connectivity index (χ1n) is 6.09. The molecular weight excluding hydrogens is 296 g/mol. The van der Waals surface area contributed by atoms with Crippen LogP contribution in [0.15, 0.2) is 28.2 Å². The van der Waals surface area contributed by atoms with Gasteiger partial charge in [0.2, 0.25) is 0 Å². The second-order valence-electron chi connectivity index (χ2n) is 4.77. The predicted octanol–water partition coefficient (Wildman–Crippen LogP) is 1.36. The van der Waals surface area contributed by atoms with Crippen LogP contribution in [0.1, 0.15) is 23.8 Å². The molecule has 7 nitrogen and oxygen atoms in total. The second-order valence-corrected chi connectivity index (χ2v) is 5.62. The molecule has 2 rings (SSSR count). The molecule has 3 N–H and O–H groups in total. The number of carbonyl (C=O) groups excluding carboxylic acids is 1. The van der Waals surface area contributed by atoms with Gasteiger partial charge in [0.25, 0.3) is 5.91 Å². The van der Waals surface area contributed by atoms with Gasteiger partial charge in [0, 0.05) is 11.9 Å². The van der Waals surface area contributed by atoms with E-state index in [0.29, 0.717) is 10.8 Å². The van der Waals surface area contributed by atoms with Gasteiger partial charge in [-0.1, -0.05) is 0 Å². The summed E-state index contributed by atoms with van der Waals surface area (Å²) in [7, 11) is 0. The number of aromatic nitrogens is 1. The number of furan rings is 1. The quantitative estimate of drug-likeness (QED) is 0.742. The molecule has 0 aliphatic rings. The summed E-state index contributed by atoms with van der Waals surface area (Å²) in [4.78, 5) is 26.6. The molecule has 0 radical (unpaired) electrons. The fourth-order valence-corrected chi connectivity index (χ4v) is 2.41. The lowest BCUT2D eigenvalue weighted by molar-refractivity contribution is -0.141. The molecule has 0 saturated carbocycles. The number of carboxylic acid groups (broad SMARTS) is 1. The molecule has 8 heteroatoms. The number of nitrogens with one attached hydrogen (secondary N) is 1. The van der Waals surface area contributed by atoms with Crippen LogP contribution >= 0.6 is 11.3 Å². The molecule has 112 valence electrons. The summed E-state index contributed by atoms with van der Waals surface area (Å²) in [6.45, 7) is 1.17. The number of aliphatic hydroxyl groups is 1. The van der Waals surface area contributed by atoms with Gasteiger partial charge in [-0.2, -0.15) is 0 Å². The lowest BCUT2D eigenvalue weighted by Crippen LogP contribution is -2.42. The number of aliphatic carboxylic acids is 1. The van der Waals surface area contributed by atoms with E-state index in [2.05, 4.69) is 10.3 Å². The van der Waals surface area contributed by atoms with E-state index in [1.807, 2.05) is 0 Å². The molecular formula is C13H14N2O5S. The standard InChI is InChI=1S/C13H14N2O5S/c1-13(19,5-10(16)17)7-14-11(18)8-6-21-12(15-8)9-3-2-4-20-9/h2-4,6,19H,5,7H2,1H3,(H,14,18)(H,16,17). The van der Waals surface area contributed by atoms with Crippen LogP contribution in [0.4, 0.5) is 0 Å². The van der Waals surface area contributed by atoms with Gasteiger partial charge in [-0.05, 0) is 19.1 Å². The molecule has 2 heterocycles. The molecule has 0 aromatic carbocycles. The topological polar surface area (TPSA) is 113 Å². The zero-order valence-corrected chi connectivity index (χ0v) is 12.0.